The van der Waals surface area contributed by atoms with Gasteiger partial charge in [0.15, 0.2) is 0 Å². The number of halogens is 1. The molecule has 2 fully saturated rings. The molecule has 0 radical (unpaired) electrons. The van der Waals surface area contributed by atoms with Crippen LogP contribution in [0.5, 0.6) is 0 Å². The number of benzene rings is 1. The predicted molar refractivity (Wildman–Crippen MR) is 128 cm³/mol. The molecule has 2 amide bonds. The number of para-hydroxylation sites is 1. The standard InChI is InChI=1S/C21H33N5O5S.ClH/c1-16-25(15-19(20(27)31-2)23-32(3,29)30)24(14-11-17-9-12-22-13-10-17)21(28)26(16)18-7-5-4-6-8-18;/h4-8,16-17,19,22-23H,9-15H2,1-3H3;1H. The SMILES string of the molecule is COC(=O)C(CN1C(C)N(c2ccccc2)C(=O)N1CCC1CCNCC1)NS(C)(=O)=O.Cl. The normalized spacial score (nSPS) is 21.1. The van der Waals surface area contributed by atoms with E-state index in [9.17, 15) is 18.0 Å². The molecule has 2 saturated heterocycles. The molecule has 186 valence electrons. The van der Waals surface area contributed by atoms with E-state index in [-0.39, 0.29) is 25.0 Å². The van der Waals surface area contributed by atoms with Crippen LogP contribution in [0, 0.1) is 5.92 Å². The van der Waals surface area contributed by atoms with Gasteiger partial charge in [0.05, 0.1) is 13.4 Å². The van der Waals surface area contributed by atoms with E-state index in [4.69, 9.17) is 4.74 Å². The van der Waals surface area contributed by atoms with Crippen molar-refractivity contribution in [3.8, 4) is 0 Å². The van der Waals surface area contributed by atoms with Gasteiger partial charge in [0.1, 0.15) is 12.2 Å². The summed E-state index contributed by atoms with van der Waals surface area (Å²) < 4.78 is 30.9. The Labute approximate surface area is 202 Å². The molecule has 2 N–H and O–H groups in total. The summed E-state index contributed by atoms with van der Waals surface area (Å²) in [5.41, 5.74) is 0.741. The monoisotopic (exact) mass is 503 g/mol. The van der Waals surface area contributed by atoms with E-state index in [0.29, 0.717) is 12.5 Å². The molecule has 0 bridgehead atoms. The summed E-state index contributed by atoms with van der Waals surface area (Å²) in [5.74, 6) is -0.191. The molecule has 2 aliphatic heterocycles. The highest BCUT2D eigenvalue weighted by Crippen LogP contribution is 2.29. The molecule has 1 aromatic rings. The molecular weight excluding hydrogens is 470 g/mol. The van der Waals surface area contributed by atoms with Crippen LogP contribution in [0.15, 0.2) is 30.3 Å². The number of hydrogen-bond donors (Lipinski definition) is 2. The Morgan fingerprint density at radius 1 is 1.24 bits per heavy atom. The van der Waals surface area contributed by atoms with Crippen LogP contribution < -0.4 is 14.9 Å². The van der Waals surface area contributed by atoms with Gasteiger partial charge < -0.3 is 10.1 Å². The average molecular weight is 504 g/mol. The Morgan fingerprint density at radius 2 is 1.88 bits per heavy atom. The summed E-state index contributed by atoms with van der Waals surface area (Å²) in [6.07, 6.45) is 3.53. The number of nitrogens with one attached hydrogen (secondary N) is 2. The zero-order valence-electron chi connectivity index (χ0n) is 19.3. The Hall–Kier alpha value is -1.92. The van der Waals surface area contributed by atoms with Crippen molar-refractivity contribution in [2.24, 2.45) is 5.92 Å². The molecule has 2 unspecified atom stereocenters. The summed E-state index contributed by atoms with van der Waals surface area (Å²) in [5, 5.41) is 6.75. The minimum atomic E-state index is -3.67. The summed E-state index contributed by atoms with van der Waals surface area (Å²) in [6.45, 7) is 4.27. The minimum absolute atomic E-state index is 0. The van der Waals surface area contributed by atoms with Crippen LogP contribution in [0.3, 0.4) is 0 Å². The molecule has 1 aromatic carbocycles. The molecule has 33 heavy (non-hydrogen) atoms. The summed E-state index contributed by atoms with van der Waals surface area (Å²) in [7, 11) is -2.45. The van der Waals surface area contributed by atoms with E-state index < -0.39 is 28.2 Å². The van der Waals surface area contributed by atoms with Gasteiger partial charge in [-0.2, -0.15) is 9.73 Å². The van der Waals surface area contributed by atoms with Gasteiger partial charge in [0.25, 0.3) is 0 Å². The highest BCUT2D eigenvalue weighted by Gasteiger charge is 2.44. The van der Waals surface area contributed by atoms with Crippen molar-refractivity contribution >= 4 is 40.1 Å². The lowest BCUT2D eigenvalue weighted by Gasteiger charge is -2.33. The number of anilines is 1. The second kappa shape index (κ2) is 12.0. The second-order valence-electron chi connectivity index (χ2n) is 8.31. The molecule has 2 atom stereocenters. The molecule has 12 heteroatoms. The molecule has 3 rings (SSSR count). The predicted octanol–water partition coefficient (Wildman–Crippen LogP) is 1.39. The van der Waals surface area contributed by atoms with E-state index >= 15 is 0 Å². The first-order valence-electron chi connectivity index (χ1n) is 10.9. The fourth-order valence-electron chi connectivity index (χ4n) is 4.34. The van der Waals surface area contributed by atoms with Gasteiger partial charge in [-0.3, -0.25) is 14.7 Å². The molecule has 0 aliphatic carbocycles. The van der Waals surface area contributed by atoms with E-state index in [2.05, 4.69) is 10.0 Å². The van der Waals surface area contributed by atoms with Crippen molar-refractivity contribution in [1.82, 2.24) is 20.1 Å². The first-order valence-corrected chi connectivity index (χ1v) is 12.8. The van der Waals surface area contributed by atoms with Crippen molar-refractivity contribution in [2.45, 2.75) is 38.4 Å². The number of piperidine rings is 1. The molecular formula is C21H34ClN5O5S. The van der Waals surface area contributed by atoms with Gasteiger partial charge in [-0.25, -0.2) is 13.2 Å². The first-order chi connectivity index (χ1) is 15.2. The van der Waals surface area contributed by atoms with Crippen LogP contribution in [0.4, 0.5) is 10.5 Å². The number of esters is 1. The van der Waals surface area contributed by atoms with Crippen molar-refractivity contribution in [3.05, 3.63) is 30.3 Å². The fourth-order valence-corrected chi connectivity index (χ4v) is 5.03. The van der Waals surface area contributed by atoms with Crippen LogP contribution in [0.25, 0.3) is 0 Å². The lowest BCUT2D eigenvalue weighted by atomic mass is 9.95. The molecule has 0 spiro atoms. The number of sulfonamides is 1. The first kappa shape index (κ1) is 27.3. The van der Waals surface area contributed by atoms with Gasteiger partial charge in [-0.1, -0.05) is 18.2 Å². The van der Waals surface area contributed by atoms with E-state index in [1.807, 2.05) is 37.3 Å². The minimum Gasteiger partial charge on any atom is -0.468 e. The second-order valence-corrected chi connectivity index (χ2v) is 10.1. The third-order valence-corrected chi connectivity index (χ3v) is 6.71. The zero-order valence-corrected chi connectivity index (χ0v) is 20.9. The van der Waals surface area contributed by atoms with Gasteiger partial charge >= 0.3 is 12.0 Å². The third kappa shape index (κ3) is 7.03. The smallest absolute Gasteiger partial charge is 0.340 e. The van der Waals surface area contributed by atoms with Crippen molar-refractivity contribution in [1.29, 1.82) is 0 Å². The van der Waals surface area contributed by atoms with Crippen LogP contribution in [0.1, 0.15) is 26.2 Å². The van der Waals surface area contributed by atoms with E-state index in [1.54, 1.807) is 14.9 Å². The lowest BCUT2D eigenvalue weighted by molar-refractivity contribution is -0.144. The van der Waals surface area contributed by atoms with Crippen LogP contribution in [-0.2, 0) is 19.6 Å². The van der Waals surface area contributed by atoms with E-state index in [1.165, 1.54) is 7.11 Å². The fraction of sp³-hybridized carbons (Fsp3) is 0.619. The van der Waals surface area contributed by atoms with E-state index in [0.717, 1.165) is 44.3 Å². The highest BCUT2D eigenvalue weighted by molar-refractivity contribution is 7.88. The van der Waals surface area contributed by atoms with Crippen molar-refractivity contribution in [2.75, 3.05) is 44.4 Å². The van der Waals surface area contributed by atoms with Crippen molar-refractivity contribution in [3.63, 3.8) is 0 Å². The number of hydrazine groups is 1. The maximum Gasteiger partial charge on any atom is 0.340 e. The quantitative estimate of drug-likeness (QED) is 0.490. The number of nitrogens with zero attached hydrogens (tertiary/aromatic N) is 3. The van der Waals surface area contributed by atoms with Crippen molar-refractivity contribution < 1.29 is 22.7 Å². The van der Waals surface area contributed by atoms with Crippen LogP contribution >= 0.6 is 12.4 Å². The topological polar surface area (TPSA) is 111 Å². The Morgan fingerprint density at radius 3 is 2.45 bits per heavy atom. The molecule has 2 heterocycles. The molecule has 10 nitrogen and oxygen atoms in total. The summed E-state index contributed by atoms with van der Waals surface area (Å²) in [4.78, 5) is 27.4. The summed E-state index contributed by atoms with van der Waals surface area (Å²) >= 11 is 0. The average Bonchev–Trinajstić information content (AvgIpc) is 3.00. The van der Waals surface area contributed by atoms with Gasteiger partial charge in [-0.15, -0.1) is 12.4 Å². The number of hydrogen-bond acceptors (Lipinski definition) is 7. The number of methoxy groups -OCH3 is 1. The third-order valence-electron chi connectivity index (χ3n) is 6.00. The van der Waals surface area contributed by atoms with Gasteiger partial charge in [0, 0.05) is 18.8 Å². The largest absolute Gasteiger partial charge is 0.468 e. The Balaban J connectivity index is 0.00000385. The maximum absolute atomic E-state index is 13.4. The molecule has 2 aliphatic rings. The zero-order chi connectivity index (χ0) is 23.3. The number of amides is 2. The highest BCUT2D eigenvalue weighted by atomic mass is 35.5. The number of ether oxygens (including phenoxy) is 1. The Kier molecular flexibility index (Phi) is 9.92. The summed E-state index contributed by atoms with van der Waals surface area (Å²) in [6, 6.07) is 7.98. The van der Waals surface area contributed by atoms with Gasteiger partial charge in [-0.05, 0) is 57.3 Å². The Bertz CT molecular complexity index is 898. The number of carbonyl (C=O) groups excluding carboxylic acids is 2. The molecule has 0 aromatic heterocycles. The number of carbonyl (C=O) groups is 2. The van der Waals surface area contributed by atoms with Crippen LogP contribution in [0.2, 0.25) is 0 Å². The van der Waals surface area contributed by atoms with Crippen LogP contribution in [-0.4, -0.2) is 82.2 Å². The number of urea groups is 1. The number of rotatable bonds is 9. The maximum atomic E-state index is 13.4. The lowest BCUT2D eigenvalue weighted by Crippen LogP contribution is -2.53. The molecule has 0 saturated carbocycles. The van der Waals surface area contributed by atoms with Gasteiger partial charge in [0.2, 0.25) is 10.0 Å².